The fourth-order valence-electron chi connectivity index (χ4n) is 4.59. The minimum atomic E-state index is -0.405. The summed E-state index contributed by atoms with van der Waals surface area (Å²) in [4.78, 5) is 41.1. The Hall–Kier alpha value is -4.64. The first kappa shape index (κ1) is 34.2. The van der Waals surface area contributed by atoms with E-state index in [0.717, 1.165) is 11.3 Å². The van der Waals surface area contributed by atoms with Crippen LogP contribution in [0.2, 0.25) is 0 Å². The van der Waals surface area contributed by atoms with Gasteiger partial charge in [-0.15, -0.1) is 0 Å². The van der Waals surface area contributed by atoms with Crippen LogP contribution in [0.3, 0.4) is 0 Å². The molecule has 1 fully saturated rings. The summed E-state index contributed by atoms with van der Waals surface area (Å²) in [6.07, 6.45) is 0.550. The van der Waals surface area contributed by atoms with Crippen molar-refractivity contribution in [2.75, 3.05) is 99.3 Å². The molecule has 0 saturated carbocycles. The van der Waals surface area contributed by atoms with E-state index in [1.807, 2.05) is 12.1 Å². The number of non-ortho nitro benzene ring substituents is 1. The highest BCUT2D eigenvalue weighted by Gasteiger charge is 2.21. The third-order valence-corrected chi connectivity index (χ3v) is 7.06. The number of rotatable bonds is 19. The summed E-state index contributed by atoms with van der Waals surface area (Å²) < 4.78 is 10.7. The number of carbonyl (C=O) groups is 1. The van der Waals surface area contributed by atoms with Crippen molar-refractivity contribution in [1.29, 1.82) is 0 Å². The van der Waals surface area contributed by atoms with E-state index in [1.165, 1.54) is 12.1 Å². The number of hydrogen-bond acceptors (Lipinski definition) is 14. The van der Waals surface area contributed by atoms with E-state index >= 15 is 0 Å². The van der Waals surface area contributed by atoms with E-state index in [1.54, 1.807) is 24.3 Å². The molecule has 0 spiro atoms. The van der Waals surface area contributed by atoms with Crippen molar-refractivity contribution >= 4 is 35.1 Å². The van der Waals surface area contributed by atoms with Gasteiger partial charge in [0.1, 0.15) is 0 Å². The van der Waals surface area contributed by atoms with Crippen LogP contribution in [0.4, 0.5) is 29.2 Å². The number of ether oxygens (including phenoxy) is 2. The summed E-state index contributed by atoms with van der Waals surface area (Å²) in [6.45, 7) is 6.33. The predicted molar refractivity (Wildman–Crippen MR) is 174 cm³/mol. The summed E-state index contributed by atoms with van der Waals surface area (Å²) in [5, 5.41) is 29.4. The van der Waals surface area contributed by atoms with Gasteiger partial charge in [0.05, 0.1) is 31.4 Å². The van der Waals surface area contributed by atoms with Gasteiger partial charge in [0, 0.05) is 82.3 Å². The molecule has 2 aromatic carbocycles. The minimum absolute atomic E-state index is 0.0491. The number of hydrogen-bond donors (Lipinski definition) is 5. The van der Waals surface area contributed by atoms with E-state index in [-0.39, 0.29) is 18.2 Å². The van der Waals surface area contributed by atoms with Crippen molar-refractivity contribution in [2.45, 2.75) is 13.0 Å². The van der Waals surface area contributed by atoms with E-state index in [9.17, 15) is 20.0 Å². The number of anilines is 4. The van der Waals surface area contributed by atoms with E-state index in [2.05, 4.69) is 40.7 Å². The Labute approximate surface area is 267 Å². The van der Waals surface area contributed by atoms with Gasteiger partial charge in [0.25, 0.3) is 11.6 Å². The summed E-state index contributed by atoms with van der Waals surface area (Å²) >= 11 is 0. The number of nitro benzene ring substituents is 1. The zero-order valence-corrected chi connectivity index (χ0v) is 25.8. The lowest BCUT2D eigenvalue weighted by atomic mass is 10.1. The van der Waals surface area contributed by atoms with Crippen molar-refractivity contribution in [3.63, 3.8) is 0 Å². The largest absolute Gasteiger partial charge is 0.396 e. The van der Waals surface area contributed by atoms with Crippen LogP contribution in [0, 0.1) is 10.1 Å². The maximum absolute atomic E-state index is 12.5. The molecule has 0 radical (unpaired) electrons. The third-order valence-electron chi connectivity index (χ3n) is 7.06. The second-order valence-electron chi connectivity index (χ2n) is 10.4. The van der Waals surface area contributed by atoms with Crippen LogP contribution in [0.15, 0.2) is 48.5 Å². The standard InChI is InChI=1S/C30H42N10O6/c31-10-18-45-20-21-46-19-12-32-27(42)24-4-2-23(3-5-24)22-34-29-35-28(33-11-1-17-41)36-30(37-29)39-15-13-38(14-16-39)25-6-8-26(9-7-25)40(43)44/h2-9,41H,1,10-22,31H2,(H,32,42)(H2,33,34,35,36,37). The van der Waals surface area contributed by atoms with Crippen LogP contribution in [0.1, 0.15) is 22.3 Å². The monoisotopic (exact) mass is 638 g/mol. The molecule has 3 aromatic rings. The van der Waals surface area contributed by atoms with E-state index in [0.29, 0.717) is 109 Å². The van der Waals surface area contributed by atoms with Gasteiger partial charge in [-0.25, -0.2) is 0 Å². The first-order valence-corrected chi connectivity index (χ1v) is 15.3. The minimum Gasteiger partial charge on any atom is -0.396 e. The number of amides is 1. The zero-order chi connectivity index (χ0) is 32.6. The third kappa shape index (κ3) is 10.8. The Morgan fingerprint density at radius 1 is 0.870 bits per heavy atom. The van der Waals surface area contributed by atoms with Crippen molar-refractivity contribution < 1.29 is 24.3 Å². The molecule has 16 heteroatoms. The SMILES string of the molecule is NCCOCCOCCNC(=O)c1ccc(CNc2nc(NCCCO)nc(N3CCN(c4ccc([N+](=O)[O-])cc4)CC3)n2)cc1. The Balaban J connectivity index is 1.30. The van der Waals surface area contributed by atoms with E-state index in [4.69, 9.17) is 15.2 Å². The van der Waals surface area contributed by atoms with Crippen LogP contribution in [-0.4, -0.2) is 110 Å². The molecular weight excluding hydrogens is 596 g/mol. The summed E-state index contributed by atoms with van der Waals surface area (Å²) in [5.41, 5.74) is 7.83. The van der Waals surface area contributed by atoms with Crippen molar-refractivity contribution in [3.8, 4) is 0 Å². The van der Waals surface area contributed by atoms with Gasteiger partial charge < -0.3 is 46.1 Å². The number of benzene rings is 2. The lowest BCUT2D eigenvalue weighted by Gasteiger charge is -2.36. The quantitative estimate of drug-likeness (QED) is 0.0712. The molecule has 0 aliphatic carbocycles. The van der Waals surface area contributed by atoms with Gasteiger partial charge in [0.15, 0.2) is 0 Å². The maximum Gasteiger partial charge on any atom is 0.269 e. The Bertz CT molecular complexity index is 1370. The van der Waals surface area contributed by atoms with E-state index < -0.39 is 4.92 Å². The van der Waals surface area contributed by atoms with Gasteiger partial charge in [0.2, 0.25) is 17.8 Å². The molecule has 1 aliphatic rings. The number of nitro groups is 1. The lowest BCUT2D eigenvalue weighted by Crippen LogP contribution is -2.47. The molecule has 4 rings (SSSR count). The van der Waals surface area contributed by atoms with Crippen molar-refractivity contribution in [3.05, 3.63) is 69.8 Å². The molecule has 0 atom stereocenters. The maximum atomic E-state index is 12.5. The normalized spacial score (nSPS) is 13.0. The second-order valence-corrected chi connectivity index (χ2v) is 10.4. The van der Waals surface area contributed by atoms with Gasteiger partial charge >= 0.3 is 0 Å². The van der Waals surface area contributed by atoms with Gasteiger partial charge in [-0.05, 0) is 36.2 Å². The van der Waals surface area contributed by atoms with Crippen molar-refractivity contribution in [1.82, 2.24) is 20.3 Å². The number of nitrogens with one attached hydrogen (secondary N) is 3. The second kappa shape index (κ2) is 18.4. The molecule has 16 nitrogen and oxygen atoms in total. The van der Waals surface area contributed by atoms with Gasteiger partial charge in [-0.3, -0.25) is 14.9 Å². The molecule has 1 saturated heterocycles. The first-order chi connectivity index (χ1) is 22.5. The number of piperazine rings is 1. The first-order valence-electron chi connectivity index (χ1n) is 15.3. The molecule has 6 N–H and O–H groups in total. The van der Waals surface area contributed by atoms with Gasteiger partial charge in [-0.2, -0.15) is 15.0 Å². The smallest absolute Gasteiger partial charge is 0.269 e. The highest BCUT2D eigenvalue weighted by molar-refractivity contribution is 5.94. The van der Waals surface area contributed by atoms with Gasteiger partial charge in [-0.1, -0.05) is 12.1 Å². The van der Waals surface area contributed by atoms with Crippen LogP contribution in [0.25, 0.3) is 0 Å². The molecule has 1 aromatic heterocycles. The molecule has 248 valence electrons. The molecule has 1 aliphatic heterocycles. The van der Waals surface area contributed by atoms with Crippen LogP contribution < -0.4 is 31.5 Å². The van der Waals surface area contributed by atoms with Crippen LogP contribution >= 0.6 is 0 Å². The number of carbonyl (C=O) groups excluding carboxylic acids is 1. The topological polar surface area (TPSA) is 206 Å². The Kier molecular flexibility index (Phi) is 13.7. The predicted octanol–water partition coefficient (Wildman–Crippen LogP) is 1.23. The summed E-state index contributed by atoms with van der Waals surface area (Å²) in [7, 11) is 0. The fraction of sp³-hybridized carbons (Fsp3) is 0.467. The molecule has 0 unspecified atom stereocenters. The number of aromatic nitrogens is 3. The summed E-state index contributed by atoms with van der Waals surface area (Å²) in [5.74, 6) is 1.13. The average molecular weight is 639 g/mol. The lowest BCUT2D eigenvalue weighted by molar-refractivity contribution is -0.384. The number of aliphatic hydroxyl groups excluding tert-OH is 1. The molecule has 0 bridgehead atoms. The average Bonchev–Trinajstić information content (AvgIpc) is 3.09. The highest BCUT2D eigenvalue weighted by Crippen LogP contribution is 2.23. The Morgan fingerprint density at radius 3 is 2.17 bits per heavy atom. The highest BCUT2D eigenvalue weighted by atomic mass is 16.6. The fourth-order valence-corrected chi connectivity index (χ4v) is 4.59. The molecule has 1 amide bonds. The molecule has 2 heterocycles. The number of nitrogens with zero attached hydrogens (tertiary/aromatic N) is 6. The number of aliphatic hydroxyl groups is 1. The molecular formula is C30H42N10O6. The van der Waals surface area contributed by atoms with Crippen molar-refractivity contribution in [2.24, 2.45) is 5.73 Å². The van der Waals surface area contributed by atoms with Crippen LogP contribution in [-0.2, 0) is 16.0 Å². The zero-order valence-electron chi connectivity index (χ0n) is 25.8. The molecule has 46 heavy (non-hydrogen) atoms. The van der Waals surface area contributed by atoms with Crippen LogP contribution in [0.5, 0.6) is 0 Å². The summed E-state index contributed by atoms with van der Waals surface area (Å²) in [6, 6.07) is 13.8. The Morgan fingerprint density at radius 2 is 1.52 bits per heavy atom. The number of nitrogens with two attached hydrogens (primary N) is 1.